The number of unbranched alkanes of at least 4 members (excludes halogenated alkanes) is 1. The van der Waals surface area contributed by atoms with Gasteiger partial charge in [0, 0.05) is 4.47 Å². The third-order valence-corrected chi connectivity index (χ3v) is 4.28. The molecule has 0 radical (unpaired) electrons. The SMILES string of the molecule is CCCCOc1ccccc1NC(=O)COc1ccc(Br)cc1Br. The maximum atomic E-state index is 12.1. The highest BCUT2D eigenvalue weighted by Gasteiger charge is 2.09. The van der Waals surface area contributed by atoms with Crippen LogP contribution >= 0.6 is 31.9 Å². The van der Waals surface area contributed by atoms with Gasteiger partial charge in [0.1, 0.15) is 11.5 Å². The van der Waals surface area contributed by atoms with Crippen molar-refractivity contribution in [2.45, 2.75) is 19.8 Å². The smallest absolute Gasteiger partial charge is 0.262 e. The van der Waals surface area contributed by atoms with Crippen molar-refractivity contribution in [3.63, 3.8) is 0 Å². The normalized spacial score (nSPS) is 10.3. The average molecular weight is 457 g/mol. The maximum Gasteiger partial charge on any atom is 0.262 e. The fraction of sp³-hybridized carbons (Fsp3) is 0.278. The van der Waals surface area contributed by atoms with Crippen LogP contribution in [0.25, 0.3) is 0 Å². The summed E-state index contributed by atoms with van der Waals surface area (Å²) in [5.41, 5.74) is 0.650. The molecule has 1 amide bonds. The van der Waals surface area contributed by atoms with E-state index in [9.17, 15) is 4.79 Å². The third kappa shape index (κ3) is 5.83. The Labute approximate surface area is 158 Å². The van der Waals surface area contributed by atoms with E-state index in [0.717, 1.165) is 21.8 Å². The van der Waals surface area contributed by atoms with Crippen LogP contribution < -0.4 is 14.8 Å². The van der Waals surface area contributed by atoms with E-state index < -0.39 is 0 Å². The lowest BCUT2D eigenvalue weighted by Crippen LogP contribution is -2.20. The summed E-state index contributed by atoms with van der Waals surface area (Å²) >= 11 is 6.78. The molecule has 24 heavy (non-hydrogen) atoms. The Morgan fingerprint density at radius 2 is 1.88 bits per heavy atom. The zero-order valence-corrected chi connectivity index (χ0v) is 16.5. The molecule has 128 valence electrons. The van der Waals surface area contributed by atoms with Gasteiger partial charge in [0.25, 0.3) is 5.91 Å². The summed E-state index contributed by atoms with van der Waals surface area (Å²) in [4.78, 5) is 12.1. The Hall–Kier alpha value is -1.53. The van der Waals surface area contributed by atoms with E-state index in [0.29, 0.717) is 23.8 Å². The van der Waals surface area contributed by atoms with Crippen LogP contribution in [-0.4, -0.2) is 19.1 Å². The number of hydrogen-bond acceptors (Lipinski definition) is 3. The lowest BCUT2D eigenvalue weighted by atomic mass is 10.3. The molecule has 0 atom stereocenters. The van der Waals surface area contributed by atoms with Gasteiger partial charge in [-0.1, -0.05) is 41.4 Å². The van der Waals surface area contributed by atoms with Crippen LogP contribution in [0.3, 0.4) is 0 Å². The van der Waals surface area contributed by atoms with Crippen molar-refractivity contribution in [3.8, 4) is 11.5 Å². The highest BCUT2D eigenvalue weighted by molar-refractivity contribution is 9.11. The number of benzene rings is 2. The molecule has 0 unspecified atom stereocenters. The summed E-state index contributed by atoms with van der Waals surface area (Å²) in [5, 5.41) is 2.83. The molecule has 0 saturated carbocycles. The molecular formula is C18H19Br2NO3. The fourth-order valence-electron chi connectivity index (χ4n) is 1.94. The minimum Gasteiger partial charge on any atom is -0.491 e. The summed E-state index contributed by atoms with van der Waals surface area (Å²) in [6, 6.07) is 12.9. The molecule has 0 aromatic heterocycles. The summed E-state index contributed by atoms with van der Waals surface area (Å²) < 4.78 is 13.0. The Balaban J connectivity index is 1.92. The van der Waals surface area contributed by atoms with Crippen LogP contribution in [0.4, 0.5) is 5.69 Å². The molecule has 0 saturated heterocycles. The predicted molar refractivity (Wildman–Crippen MR) is 103 cm³/mol. The first-order valence-corrected chi connectivity index (χ1v) is 9.28. The molecule has 2 aromatic carbocycles. The number of rotatable bonds is 8. The first-order valence-electron chi connectivity index (χ1n) is 7.69. The molecular weight excluding hydrogens is 438 g/mol. The molecule has 2 rings (SSSR count). The van der Waals surface area contributed by atoms with Crippen LogP contribution in [0.5, 0.6) is 11.5 Å². The van der Waals surface area contributed by atoms with Crippen LogP contribution in [0.2, 0.25) is 0 Å². The standard InChI is InChI=1S/C18H19Br2NO3/c1-2-3-10-23-17-7-5-4-6-15(17)21-18(22)12-24-16-9-8-13(19)11-14(16)20/h4-9,11H,2-3,10,12H2,1H3,(H,21,22). The zero-order valence-electron chi connectivity index (χ0n) is 13.4. The molecule has 1 N–H and O–H groups in total. The first-order chi connectivity index (χ1) is 11.6. The van der Waals surface area contributed by atoms with Crippen LogP contribution in [0.1, 0.15) is 19.8 Å². The number of amides is 1. The Bertz CT molecular complexity index is 692. The van der Waals surface area contributed by atoms with Crippen molar-refractivity contribution >= 4 is 43.5 Å². The van der Waals surface area contributed by atoms with E-state index in [1.54, 1.807) is 6.07 Å². The van der Waals surface area contributed by atoms with E-state index in [4.69, 9.17) is 9.47 Å². The quantitative estimate of drug-likeness (QED) is 0.540. The van der Waals surface area contributed by atoms with Gasteiger partial charge in [-0.25, -0.2) is 0 Å². The fourth-order valence-corrected chi connectivity index (χ4v) is 3.11. The summed E-state index contributed by atoms with van der Waals surface area (Å²) in [6.45, 7) is 2.66. The zero-order chi connectivity index (χ0) is 17.4. The molecule has 6 heteroatoms. The summed E-state index contributed by atoms with van der Waals surface area (Å²) in [6.07, 6.45) is 2.04. The lowest BCUT2D eigenvalue weighted by Gasteiger charge is -2.13. The van der Waals surface area contributed by atoms with Gasteiger partial charge in [0.15, 0.2) is 6.61 Å². The van der Waals surface area contributed by atoms with Crippen LogP contribution in [-0.2, 0) is 4.79 Å². The minimum absolute atomic E-state index is 0.0798. The molecule has 2 aromatic rings. The number of carbonyl (C=O) groups is 1. The monoisotopic (exact) mass is 455 g/mol. The highest BCUT2D eigenvalue weighted by Crippen LogP contribution is 2.28. The van der Waals surface area contributed by atoms with Gasteiger partial charge in [0.05, 0.1) is 16.8 Å². The number of nitrogens with one attached hydrogen (secondary N) is 1. The molecule has 0 aliphatic carbocycles. The summed E-state index contributed by atoms with van der Waals surface area (Å²) in [5.74, 6) is 1.04. The minimum atomic E-state index is -0.239. The predicted octanol–water partition coefficient (Wildman–Crippen LogP) is 5.41. The second kappa shape index (κ2) is 9.69. The van der Waals surface area contributed by atoms with E-state index in [2.05, 4.69) is 44.1 Å². The Morgan fingerprint density at radius 3 is 2.62 bits per heavy atom. The van der Waals surface area contributed by atoms with Crippen molar-refractivity contribution in [1.29, 1.82) is 0 Å². The van der Waals surface area contributed by atoms with Gasteiger partial charge in [-0.15, -0.1) is 0 Å². The number of ether oxygens (including phenoxy) is 2. The van der Waals surface area contributed by atoms with Crippen molar-refractivity contribution in [2.24, 2.45) is 0 Å². The van der Waals surface area contributed by atoms with Gasteiger partial charge in [0.2, 0.25) is 0 Å². The Kier molecular flexibility index (Phi) is 7.59. The molecule has 0 aliphatic heterocycles. The van der Waals surface area contributed by atoms with Crippen molar-refractivity contribution in [3.05, 3.63) is 51.4 Å². The lowest BCUT2D eigenvalue weighted by molar-refractivity contribution is -0.118. The largest absolute Gasteiger partial charge is 0.491 e. The van der Waals surface area contributed by atoms with E-state index >= 15 is 0 Å². The van der Waals surface area contributed by atoms with E-state index in [1.807, 2.05) is 36.4 Å². The Morgan fingerprint density at radius 1 is 1.08 bits per heavy atom. The topological polar surface area (TPSA) is 47.6 Å². The number of carbonyl (C=O) groups excluding carboxylic acids is 1. The van der Waals surface area contributed by atoms with Gasteiger partial charge in [-0.3, -0.25) is 4.79 Å². The van der Waals surface area contributed by atoms with Crippen molar-refractivity contribution < 1.29 is 14.3 Å². The number of anilines is 1. The van der Waals surface area contributed by atoms with Crippen LogP contribution in [0, 0.1) is 0 Å². The molecule has 0 aliphatic rings. The maximum absolute atomic E-state index is 12.1. The molecule has 0 heterocycles. The highest BCUT2D eigenvalue weighted by atomic mass is 79.9. The van der Waals surface area contributed by atoms with Crippen molar-refractivity contribution in [2.75, 3.05) is 18.5 Å². The number of hydrogen-bond donors (Lipinski definition) is 1. The average Bonchev–Trinajstić information content (AvgIpc) is 2.56. The number of halogens is 2. The van der Waals surface area contributed by atoms with Crippen LogP contribution in [0.15, 0.2) is 51.4 Å². The second-order valence-electron chi connectivity index (χ2n) is 5.11. The third-order valence-electron chi connectivity index (χ3n) is 3.17. The second-order valence-corrected chi connectivity index (χ2v) is 6.88. The van der Waals surface area contributed by atoms with Crippen molar-refractivity contribution in [1.82, 2.24) is 0 Å². The van der Waals surface area contributed by atoms with E-state index in [-0.39, 0.29) is 12.5 Å². The molecule has 4 nitrogen and oxygen atoms in total. The van der Waals surface area contributed by atoms with Gasteiger partial charge < -0.3 is 14.8 Å². The first kappa shape index (κ1) is 18.8. The number of para-hydroxylation sites is 2. The van der Waals surface area contributed by atoms with Gasteiger partial charge in [-0.05, 0) is 52.7 Å². The molecule has 0 fully saturated rings. The van der Waals surface area contributed by atoms with E-state index in [1.165, 1.54) is 0 Å². The summed E-state index contributed by atoms with van der Waals surface area (Å²) in [7, 11) is 0. The molecule has 0 bridgehead atoms. The van der Waals surface area contributed by atoms with Gasteiger partial charge >= 0.3 is 0 Å². The molecule has 0 spiro atoms. The van der Waals surface area contributed by atoms with Gasteiger partial charge in [-0.2, -0.15) is 0 Å².